The zero-order valence-corrected chi connectivity index (χ0v) is 75.2. The van der Waals surface area contributed by atoms with Crippen LogP contribution < -0.4 is 65.6 Å². The number of halogens is 7. The van der Waals surface area contributed by atoms with Crippen LogP contribution in [0.5, 0.6) is 0 Å². The number of carbonyl (C=O) groups excluding carboxylic acids is 8. The summed E-state index contributed by atoms with van der Waals surface area (Å²) in [7, 11) is -7.71. The monoisotopic (exact) mass is 2440 g/mol. The first-order chi connectivity index (χ1) is 211. The molecular formula is C72H411ClF6KN9O19S7. The summed E-state index contributed by atoms with van der Waals surface area (Å²) in [4.78, 5) is 97.6. The van der Waals surface area contributed by atoms with Gasteiger partial charge in [0.1, 0.15) is 49.2 Å². The van der Waals surface area contributed by atoms with Gasteiger partial charge in [-0.15, -0.1) is 0 Å². The molecule has 28 nitrogen and oxygen atoms in total. The second-order valence-electron chi connectivity index (χ2n) is 26.7. The van der Waals surface area contributed by atoms with Crippen molar-refractivity contribution >= 4 is 133 Å². The number of ketones is 3. The molecule has 3 aliphatic rings. The van der Waals surface area contributed by atoms with E-state index in [0.717, 1.165) is 50.3 Å². The van der Waals surface area contributed by atoms with E-state index in [1.54, 1.807) is 34.6 Å². The normalized spacial score (nSPS) is 28.3. The predicted octanol–water partition coefficient (Wildman–Crippen LogP) is 45.6. The van der Waals surface area contributed by atoms with Crippen LogP contribution in [0, 0.1) is 73.4 Å². The number of ether oxygens (including phenoxy) is 3. The summed E-state index contributed by atoms with van der Waals surface area (Å²) in [5.74, 6) is -7.10. The Morgan fingerprint density at radius 1 is 0.513 bits per heavy atom. The van der Waals surface area contributed by atoms with Crippen LogP contribution in [0.15, 0.2) is 87.9 Å². The number of carbonyl (C=O) groups is 8. The summed E-state index contributed by atoms with van der Waals surface area (Å²) < 4.78 is 1790. The van der Waals surface area contributed by atoms with Crippen LogP contribution in [0.1, 0.15) is 585 Å². The summed E-state index contributed by atoms with van der Waals surface area (Å²) in [5.41, 5.74) is 1.25. The molecule has 0 unspecified atom stereocenters. The van der Waals surface area contributed by atoms with E-state index >= 15 is 13.2 Å². The average Bonchev–Trinajstić information content (AvgIpc) is 1.62. The first-order valence-electron chi connectivity index (χ1n) is 193. The molecule has 3 aliphatic heterocycles. The number of thiol groups is 1. The number of hydrogen-bond acceptors (Lipinski definition) is 22. The number of rotatable bonds is 25. The number of nitrogens with one attached hydrogen (secondary N) is 3. The van der Waals surface area contributed by atoms with E-state index in [2.05, 4.69) is 50.1 Å². The second kappa shape index (κ2) is 44.7. The molecule has 6 aromatic rings. The molecule has 3 aromatic carbocycles. The number of benzene rings is 3. The predicted molar refractivity (Wildman–Crippen MR) is 756 cm³/mol. The fourth-order valence-corrected chi connectivity index (χ4v) is 17.8. The van der Waals surface area contributed by atoms with E-state index < -0.39 is 160 Å². The Bertz CT molecular complexity index is 5190. The molecule has 43 heteroatoms. The zero-order chi connectivity index (χ0) is 402. The topological polar surface area (TPSA) is 361 Å². The van der Waals surface area contributed by atoms with Gasteiger partial charge in [0, 0.05) is 629 Å². The molecular weight excluding hydrogens is 1710 g/mol. The number of sulfonamides is 3. The number of hydrogen-bond donors (Lipinski definition) is 4. The number of nitrogens with zero attached hydrogens (tertiary/aromatic N) is 6. The Balaban J connectivity index is -0.0000000118. The number of thioether (sulfide) groups is 1. The van der Waals surface area contributed by atoms with Crippen molar-refractivity contribution in [3.8, 4) is 0 Å². The van der Waals surface area contributed by atoms with Gasteiger partial charge < -0.3 is 60.0 Å². The third-order valence-corrected chi connectivity index (χ3v) is 23.7. The van der Waals surface area contributed by atoms with Gasteiger partial charge in [-0.25, -0.2) is 88.6 Å². The molecule has 9 rings (SSSR count). The Kier molecular flexibility index (Phi) is 6.75. The molecule has 0 saturated carbocycles. The second-order valence-corrected chi connectivity index (χ2v) is 36.9. The van der Waals surface area contributed by atoms with Gasteiger partial charge in [0.2, 0.25) is 39.1 Å². The van der Waals surface area contributed by atoms with Gasteiger partial charge in [0.05, 0.1) is 26.1 Å². The van der Waals surface area contributed by atoms with E-state index in [-0.39, 0.29) is 160 Å². The maximum Gasteiger partial charge on any atom is 1.00 e. The van der Waals surface area contributed by atoms with Crippen molar-refractivity contribution in [2.75, 3.05) is 76.9 Å². The van der Waals surface area contributed by atoms with Crippen molar-refractivity contribution in [3.63, 3.8) is 0 Å². The van der Waals surface area contributed by atoms with E-state index in [0.29, 0.717) is 52.1 Å². The Morgan fingerprint density at radius 3 is 1.03 bits per heavy atom. The molecule has 0 aliphatic carbocycles. The number of aromatic nitrogens is 3. The van der Waals surface area contributed by atoms with E-state index in [1.807, 2.05) is 6.92 Å². The molecule has 0 radical (unpaired) electrons. The van der Waals surface area contributed by atoms with Gasteiger partial charge in [-0.1, -0.05) is 61.5 Å². The summed E-state index contributed by atoms with van der Waals surface area (Å²) in [6, 6.07) is 10.2. The van der Waals surface area contributed by atoms with Crippen LogP contribution in [0.3, 0.4) is 0 Å². The quantitative estimate of drug-likeness (QED) is 0.00786. The van der Waals surface area contributed by atoms with Crippen LogP contribution in [-0.2, 0) is 116 Å². The third kappa shape index (κ3) is 29.0. The summed E-state index contributed by atoms with van der Waals surface area (Å²) in [6.07, 6.45) is 2.24. The average molecular weight is 2440 g/mol. The van der Waals surface area contributed by atoms with Gasteiger partial charge in [-0.05, 0) is 112 Å². The summed E-state index contributed by atoms with van der Waals surface area (Å²) in [5, 5.41) is -0.412. The van der Waals surface area contributed by atoms with E-state index in [9.17, 15) is 85.2 Å². The number of Topliss-reactive ketones (excluding diaryl/α,β-unsaturated/α-hetero) is 3. The van der Waals surface area contributed by atoms with Crippen molar-refractivity contribution in [2.24, 2.45) is 38.9 Å². The molecule has 950 valence electrons. The van der Waals surface area contributed by atoms with Crippen molar-refractivity contribution in [3.05, 3.63) is 159 Å². The summed E-state index contributed by atoms with van der Waals surface area (Å²) in [6.45, 7) is 15.6. The van der Waals surface area contributed by atoms with Gasteiger partial charge in [-0.3, -0.25) is 19.2 Å². The van der Waals surface area contributed by atoms with Gasteiger partial charge in [0.15, 0.2) is 39.9 Å². The maximum atomic E-state index is 15.4. The smallest absolute Gasteiger partial charge is 0.742 e. The van der Waals surface area contributed by atoms with Gasteiger partial charge >= 0.3 is 69.7 Å². The van der Waals surface area contributed by atoms with E-state index in [4.69, 9.17) is 483 Å². The summed E-state index contributed by atoms with van der Waals surface area (Å²) >= 11 is 9.22. The molecule has 3 aromatic heterocycles. The first kappa shape index (κ1) is 17.4. The largest absolute Gasteiger partial charge is 1.00 e. The molecule has 6 atom stereocenters. The van der Waals surface area contributed by atoms with Gasteiger partial charge in [-0.2, -0.15) is 12.6 Å². The van der Waals surface area contributed by atoms with Crippen molar-refractivity contribution < 1.29 is 636 Å². The van der Waals surface area contributed by atoms with E-state index in [1.165, 1.54) is 111 Å². The molecule has 3 N–H and O–H groups in total. The van der Waals surface area contributed by atoms with Crippen LogP contribution >= 0.6 is 35.1 Å². The molecule has 115 heavy (non-hydrogen) atoms. The standard InChI is InChI=1S/C24H29F2N3O6S2.C23H29F2N3O5S.C22H27F2N3O5S2.C2H4OS.CH3ClO2S.K.160H2/c1-5-35-24(32)29-10-17(13-36-15(3)30)19(11-29)27-37(33,34)21-12-28(4)23(22(21)26)20(31)9-16-6-7-18(25)14(2)8-16;1-5-16-11-28(23(30)33-6-2)12-18(16)26-34(31,32)20-13-27(4)22(21(20)25)19(29)10-15-7-8-17(24)14(3)9-15;1-4-32-22(29)27-9-15(12-33)17(10-27)25-34(30,31)19-11-26(3)21(20(19)24)18(28)8-14-5-6-16(23)13(2)7-14;1-2(3)4;1-5(2,3)4;;;;;;;;;;;;;;;;;;;;;;;;;;;;;;;;;;;;;;;;;;;;;;;;;;;;;;;;;;;;;;;;;;;;;;;;;;;;;;;;;;;;;;;;;;;;;;;;;;;;;;;;;;;;;;;;;;;;;;;;;;;;;;;;;;;;;;;;;;;;;;;;;;;;;;;;;;;;;;;;;/h6-8,12,17,19,27H,5,9-11,13H2,1-4H3;7-9,13,16,18,26H,5-6,10-12H2,1-4H3;5-7,11,15,17,25,33H,4,8-10,12H2,1-3H3;1H3,(H,3,4);1H3;;160*1H/q;;;;;+1;;;;;;;;;;;;;;;;;;;;;;;;;;;;;;;;;;;;;;;;;;;;;;;;;;;;;;;;;;;;;;;;;;;;;;;;;;;;;;;;;;;;;;;;;;;;;;;;;;;;;;;;;;;;;;;;;;;;;;;;;;;;;;;;;;;;;;;;;;;;;;;;;;;;;;;;;;;;;;;;/p-1/t17-,19-;16-,18+;15-,17-;;;;;;;;;;;;;;;;;;;;;;;;;;;;;;;;;;;;;;;;;;;;;;;;;;;;;;;;;;;;;;;;;;;;;;;;;;;;;;;;;;;;;;;;;;;;;;;;;;;;;;;;;;;;;;;;;;;;;;;;;;;;;;;;;;;;;;;;;;;;;;;;;;;;;;;;;;;;;;;;;;;/m010.................................................................................................................................................................../s1/i;;;;;;158*1+1D;2*1+1. The first-order valence-corrected chi connectivity index (χ1v) is 44.2. The minimum absolute atomic E-state index is 0. The number of aryl methyl sites for hydroxylation is 6. The molecule has 3 fully saturated rings. The minimum atomic E-state index is -4.45. The zero-order valence-electron chi connectivity index (χ0n) is 381. The SMILES string of the molecule is CC(=O)[S-].CCOC(=O)N1C[C@@H](CC)[C@@H](NS(=O)(=O)c2cn(C)c(C(=O)Cc3ccc(F)c(C)c3)c2F)C1.CCOC(=O)N1C[C@@H](CS)[C@@H](NS(=O)(=O)c2cn(C)c(C(=O)Cc3ccc(F)c(C)c3)c2F)C1.CCOC(=O)N1C[C@@H](CSC(C)=O)[C@@H](NS(=O)(=O)c2cn(C)c(C(=O)Cc3ccc(F)c(C)c3)c2F)C1.CS(=O)(=O)Cl.[2HH].[2HH].[2H][2H].[2H][2H].[2H][2H].[2H][2H].[2H][2H].[2H][2H].[2H][2H].[2H][2H].[2H][2H].[2H][2H].[2H][2H].[2H][2H].[2H][2H].[2H][2H].[2H][2H].[2H][2H].[2H][2H].[2H][2H].[2H][2H].[2H][2H].[2H][2H].[2H][2H].[2H][2H].[2H][2H].[2H][2H].[2H][2H].[2H][2H].[2H][2H].[2H][2H].[2H][2H].[2H][2H].[2H][2H].[2H][2H].[2H][2H].[2H][2H].[2H][2H].[2H][2H].[2H][2H].[2H][2H].[2H][2H].[2H][2H].[2H][2H].[2H][2H].[2H][2H].[2H][2H].[2H][2H].[2H][2H].[2H][2H].[2H][2H].[2H][2H].[2H][2H].[2H][2H].[2H][2H].[2H][2H].[2H][2H].[2H][2H].[2H][2H].[2H][2H].[2H][2H].[2H][2H].[2H][2H].[2H][2H].[2H][2H].[2H][2H].[2H][2H].[2H][2H].[2H][2H].[2H][2H].[2H][2H].[2H][2H].[2H][2H].[2H][2H].[2H][2H].[2H][2H].[2H][2H].[2H][2H].[2H][2H].[2H][2H].[2H][2H].[2H][2H].[2H][2H].[2H][2H].[2H][2H].[2H][2H].[2H][2H].[2H][2H].[2H][2H].[2H][2H].[2H][2H].[2H][2H].[2H][2H].[2H][2H].[2H][2H].[2H][2H].[2H][2H].[2H][2H].[2H][2H].[2H][2H].[2H][2H].[2H][2H].[2H][2H].[2H][2H].[2H][2H].[2H][2H].[2H][2H].[2H][2H].[2H][2H].[2H][2H].[2H][2H].[2H][2H].[2H][2H].[2H][2H].[2H][2H].[2H][2H].[2H][2H].[2H][2H].[2H][2H].[2H][2H].[2H][2H].[2H][2H].[2H][2H].[2H][2H].[2H][2H].[2H][2H].[2H][2H].[2H][2H].[2H][2H].[2H][2H].[2H][2H].[2H][2H].[2H][2H].[2H][2H].[2H][2H].[2H][2H].[2H][2H].[2H][2H].[2H][2H].[2H][2H].[2H][2H].[2H][2H].[2H][2H].[2H][2H].[2H][2H].[2H][2H].[2H][2H].[2H][2H].[2H][2H].[2H][2H].[2H][2H].[2H][2H].[2H][2H].[2H][2H].[2H][2H].[2H][2H].[2H][2H].[2H][2H].[2H][2H].[2H][2H].[K+]. The Morgan fingerprint density at radius 2 is 0.774 bits per heavy atom. The fraction of sp³-hybridized carbons (Fsp3) is 0.472. The van der Waals surface area contributed by atoms with Crippen molar-refractivity contribution in [2.45, 2.75) is 121 Å². The minimum Gasteiger partial charge on any atom is -0.742 e. The maximum absolute atomic E-state index is 15.4. The molecule has 0 bridgehead atoms. The molecule has 0 spiro atoms. The Labute approximate surface area is 1220 Å². The van der Waals surface area contributed by atoms with Crippen LogP contribution in [0.2, 0.25) is 0 Å². The molecule has 6 heterocycles. The van der Waals surface area contributed by atoms with Crippen molar-refractivity contribution in [1.29, 1.82) is 0 Å². The number of likely N-dealkylation sites (tertiary alicyclic amines) is 3. The van der Waals surface area contributed by atoms with Crippen LogP contribution in [0.25, 0.3) is 0 Å². The fourth-order valence-electron chi connectivity index (χ4n) is 12.4. The Hall–Kier alpha value is -6.23. The van der Waals surface area contributed by atoms with Gasteiger partial charge in [0.25, 0.3) is 0 Å². The van der Waals surface area contributed by atoms with Crippen molar-refractivity contribution in [1.82, 2.24) is 42.6 Å². The number of amides is 3. The van der Waals surface area contributed by atoms with Crippen LogP contribution in [0.4, 0.5) is 40.7 Å². The third-order valence-electron chi connectivity index (χ3n) is 17.8. The molecule has 3 amide bonds. The molecule has 3 saturated heterocycles. The van der Waals surface area contributed by atoms with Crippen LogP contribution in [-0.4, -0.2) is 203 Å².